The number of aromatic nitrogens is 2. The molecule has 0 unspecified atom stereocenters. The molecule has 0 radical (unpaired) electrons. The summed E-state index contributed by atoms with van der Waals surface area (Å²) in [6, 6.07) is 18.0. The molecule has 0 saturated carbocycles. The van der Waals surface area contributed by atoms with E-state index in [9.17, 15) is 5.26 Å². The molecule has 1 N–H and O–H groups in total. The van der Waals surface area contributed by atoms with Crippen LogP contribution in [0.1, 0.15) is 17.0 Å². The number of para-hydroxylation sites is 2. The van der Waals surface area contributed by atoms with Crippen molar-refractivity contribution in [3.63, 3.8) is 0 Å². The van der Waals surface area contributed by atoms with Gasteiger partial charge < -0.3 is 4.98 Å². The fourth-order valence-corrected chi connectivity index (χ4v) is 2.16. The van der Waals surface area contributed by atoms with Gasteiger partial charge in [-0.3, -0.25) is 0 Å². The lowest BCUT2D eigenvalue weighted by molar-refractivity contribution is 1.27. The average Bonchev–Trinajstić information content (AvgIpc) is 2.88. The van der Waals surface area contributed by atoms with Crippen molar-refractivity contribution in [2.24, 2.45) is 0 Å². The van der Waals surface area contributed by atoms with E-state index in [-0.39, 0.29) is 0 Å². The molecule has 3 aromatic rings. The first kappa shape index (κ1) is 12.2. The molecule has 3 rings (SSSR count). The second-order valence-corrected chi connectivity index (χ2v) is 4.69. The van der Waals surface area contributed by atoms with Gasteiger partial charge in [-0.1, -0.05) is 42.0 Å². The van der Waals surface area contributed by atoms with Crippen LogP contribution in [0.2, 0.25) is 0 Å². The highest BCUT2D eigenvalue weighted by Gasteiger charge is 2.07. The maximum Gasteiger partial charge on any atom is 0.149 e. The molecule has 1 aromatic heterocycles. The van der Waals surface area contributed by atoms with Gasteiger partial charge in [0.2, 0.25) is 0 Å². The molecule has 3 nitrogen and oxygen atoms in total. The molecule has 0 aliphatic heterocycles. The fourth-order valence-electron chi connectivity index (χ4n) is 2.16. The lowest BCUT2D eigenvalue weighted by atomic mass is 10.1. The predicted octanol–water partition coefficient (Wildman–Crippen LogP) is 3.94. The Kier molecular flexibility index (Phi) is 3.06. The topological polar surface area (TPSA) is 52.5 Å². The van der Waals surface area contributed by atoms with Gasteiger partial charge in [-0.25, -0.2) is 4.98 Å². The molecule has 0 aliphatic rings. The van der Waals surface area contributed by atoms with Gasteiger partial charge in [0.05, 0.1) is 16.6 Å². The average molecular weight is 259 g/mol. The third kappa shape index (κ3) is 2.32. The molecule has 0 saturated heterocycles. The van der Waals surface area contributed by atoms with Gasteiger partial charge in [-0.15, -0.1) is 0 Å². The highest BCUT2D eigenvalue weighted by molar-refractivity contribution is 5.90. The van der Waals surface area contributed by atoms with Gasteiger partial charge in [0.1, 0.15) is 11.9 Å². The number of benzene rings is 2. The van der Waals surface area contributed by atoms with Crippen molar-refractivity contribution < 1.29 is 0 Å². The van der Waals surface area contributed by atoms with Gasteiger partial charge in [0, 0.05) is 0 Å². The third-order valence-corrected chi connectivity index (χ3v) is 3.12. The highest BCUT2D eigenvalue weighted by Crippen LogP contribution is 2.19. The van der Waals surface area contributed by atoms with Crippen LogP contribution in [0.5, 0.6) is 0 Å². The normalized spacial score (nSPS) is 11.5. The first-order valence-electron chi connectivity index (χ1n) is 6.40. The summed E-state index contributed by atoms with van der Waals surface area (Å²) in [7, 11) is 0. The van der Waals surface area contributed by atoms with Crippen LogP contribution in [0.25, 0.3) is 22.7 Å². The minimum atomic E-state index is 0.534. The number of rotatable bonds is 2. The Balaban J connectivity index is 2.07. The summed E-state index contributed by atoms with van der Waals surface area (Å²) in [6.45, 7) is 2.03. The Morgan fingerprint density at radius 2 is 2.05 bits per heavy atom. The van der Waals surface area contributed by atoms with Crippen molar-refractivity contribution >= 4 is 22.7 Å². The number of nitriles is 1. The van der Waals surface area contributed by atoms with Crippen molar-refractivity contribution in [1.29, 1.82) is 5.26 Å². The molecular formula is C17H13N3. The summed E-state index contributed by atoms with van der Waals surface area (Å²) in [6.07, 6.45) is 1.85. The molecule has 1 heterocycles. The number of H-pyrrole nitrogens is 1. The Hall–Kier alpha value is -2.86. The number of fused-ring (bicyclic) bond motifs is 1. The molecule has 20 heavy (non-hydrogen) atoms. The van der Waals surface area contributed by atoms with Crippen LogP contribution in [-0.2, 0) is 0 Å². The molecule has 0 amide bonds. The van der Waals surface area contributed by atoms with Gasteiger partial charge >= 0.3 is 0 Å². The Morgan fingerprint density at radius 1 is 1.20 bits per heavy atom. The molecule has 0 fully saturated rings. The lowest BCUT2D eigenvalue weighted by Crippen LogP contribution is -1.85. The maximum absolute atomic E-state index is 9.36. The van der Waals surface area contributed by atoms with E-state index >= 15 is 0 Å². The number of aromatic amines is 1. The molecule has 0 spiro atoms. The van der Waals surface area contributed by atoms with Crippen LogP contribution in [0.15, 0.2) is 48.5 Å². The van der Waals surface area contributed by atoms with E-state index < -0.39 is 0 Å². The fraction of sp³-hybridized carbons (Fsp3) is 0.0588. The largest absolute Gasteiger partial charge is 0.337 e. The van der Waals surface area contributed by atoms with Gasteiger partial charge in [-0.05, 0) is 30.7 Å². The van der Waals surface area contributed by atoms with Crippen LogP contribution >= 0.6 is 0 Å². The summed E-state index contributed by atoms with van der Waals surface area (Å²) in [5.41, 5.74) is 4.51. The zero-order valence-corrected chi connectivity index (χ0v) is 11.1. The smallest absolute Gasteiger partial charge is 0.149 e. The number of nitrogens with one attached hydrogen (secondary N) is 1. The number of aryl methyl sites for hydroxylation is 1. The summed E-state index contributed by atoms with van der Waals surface area (Å²) in [5, 5.41) is 9.36. The van der Waals surface area contributed by atoms with E-state index in [0.29, 0.717) is 11.4 Å². The first-order chi connectivity index (χ1) is 9.76. The van der Waals surface area contributed by atoms with Crippen LogP contribution in [0, 0.1) is 18.3 Å². The molecule has 3 heteroatoms. The number of hydrogen-bond donors (Lipinski definition) is 1. The van der Waals surface area contributed by atoms with Crippen LogP contribution in [0.4, 0.5) is 0 Å². The molecule has 0 aliphatic carbocycles. The Labute approximate surface area is 117 Å². The second-order valence-electron chi connectivity index (χ2n) is 4.69. The number of allylic oxidation sites excluding steroid dienone is 1. The number of imidazole rings is 1. The van der Waals surface area contributed by atoms with E-state index in [1.165, 1.54) is 5.56 Å². The molecule has 96 valence electrons. The second kappa shape index (κ2) is 5.02. The summed E-state index contributed by atoms with van der Waals surface area (Å²) in [4.78, 5) is 7.64. The van der Waals surface area contributed by atoms with Crippen molar-refractivity contribution in [3.8, 4) is 6.07 Å². The highest BCUT2D eigenvalue weighted by atomic mass is 14.9. The summed E-state index contributed by atoms with van der Waals surface area (Å²) >= 11 is 0. The van der Waals surface area contributed by atoms with E-state index in [0.717, 1.165) is 16.6 Å². The van der Waals surface area contributed by atoms with Crippen molar-refractivity contribution in [3.05, 3.63) is 65.5 Å². The molecular weight excluding hydrogens is 246 g/mol. The van der Waals surface area contributed by atoms with Crippen molar-refractivity contribution in [2.75, 3.05) is 0 Å². The van der Waals surface area contributed by atoms with E-state index in [1.54, 1.807) is 0 Å². The van der Waals surface area contributed by atoms with Crippen LogP contribution in [0.3, 0.4) is 0 Å². The summed E-state index contributed by atoms with van der Waals surface area (Å²) < 4.78 is 0. The van der Waals surface area contributed by atoms with Gasteiger partial charge in [-0.2, -0.15) is 5.26 Å². The van der Waals surface area contributed by atoms with Crippen molar-refractivity contribution in [2.45, 2.75) is 6.92 Å². The van der Waals surface area contributed by atoms with E-state index in [1.807, 2.05) is 61.5 Å². The minimum Gasteiger partial charge on any atom is -0.337 e. The zero-order valence-electron chi connectivity index (χ0n) is 11.1. The lowest BCUT2D eigenvalue weighted by Gasteiger charge is -1.97. The van der Waals surface area contributed by atoms with Gasteiger partial charge in [0.25, 0.3) is 0 Å². The zero-order chi connectivity index (χ0) is 13.9. The Bertz CT molecular complexity index is 802. The first-order valence-corrected chi connectivity index (χ1v) is 6.40. The monoisotopic (exact) mass is 259 g/mol. The third-order valence-electron chi connectivity index (χ3n) is 3.12. The molecule has 0 atom stereocenters. The van der Waals surface area contributed by atoms with Crippen LogP contribution < -0.4 is 0 Å². The number of hydrogen-bond acceptors (Lipinski definition) is 2. The molecule has 0 bridgehead atoms. The minimum absolute atomic E-state index is 0.534. The van der Waals surface area contributed by atoms with Crippen molar-refractivity contribution in [1.82, 2.24) is 9.97 Å². The predicted molar refractivity (Wildman–Crippen MR) is 80.8 cm³/mol. The van der Waals surface area contributed by atoms with E-state index in [4.69, 9.17) is 0 Å². The molecule has 2 aromatic carbocycles. The number of nitrogens with zero attached hydrogens (tertiary/aromatic N) is 2. The standard InChI is InChI=1S/C17H13N3/c1-12-5-4-6-13(9-12)10-14(11-18)17-19-15-7-2-3-8-16(15)20-17/h2-10H,1H3,(H,19,20). The summed E-state index contributed by atoms with van der Waals surface area (Å²) in [5.74, 6) is 0.607. The van der Waals surface area contributed by atoms with Gasteiger partial charge in [0.15, 0.2) is 0 Å². The van der Waals surface area contributed by atoms with E-state index in [2.05, 4.69) is 16.0 Å². The quantitative estimate of drug-likeness (QED) is 0.709. The van der Waals surface area contributed by atoms with Crippen LogP contribution in [-0.4, -0.2) is 9.97 Å². The maximum atomic E-state index is 9.36. The SMILES string of the molecule is Cc1cccc(C=C(C#N)c2nc3ccccc3[nH]2)c1. The Morgan fingerprint density at radius 3 is 2.80 bits per heavy atom.